The molecule has 3 fully saturated rings. The zero-order valence-electron chi connectivity index (χ0n) is 17.8. The molecule has 0 aromatic rings. The van der Waals surface area contributed by atoms with E-state index in [1.54, 1.807) is 0 Å². The minimum absolute atomic E-state index is 0.401. The number of hydrogen-bond acceptors (Lipinski definition) is 7. The maximum Gasteiger partial charge on any atom is 0.0726 e. The molecule has 3 saturated heterocycles. The second-order valence-corrected chi connectivity index (χ2v) is 10.8. The fraction of sp³-hybridized carbons (Fsp3) is 1.00. The fourth-order valence-electron chi connectivity index (χ4n) is 4.61. The second kappa shape index (κ2) is 11.0. The van der Waals surface area contributed by atoms with Crippen LogP contribution < -0.4 is 0 Å². The highest BCUT2D eigenvalue weighted by atomic mass is 32.2. The smallest absolute Gasteiger partial charge is 0.0726 e. The van der Waals surface area contributed by atoms with Gasteiger partial charge in [-0.25, -0.2) is 4.31 Å². The molecule has 4 unspecified atom stereocenters. The molecule has 3 aliphatic rings. The Balaban J connectivity index is 1.42. The van der Waals surface area contributed by atoms with Gasteiger partial charge in [-0.3, -0.25) is 9.80 Å². The van der Waals surface area contributed by atoms with Gasteiger partial charge in [0, 0.05) is 75.4 Å². The molecule has 0 aromatic heterocycles. The summed E-state index contributed by atoms with van der Waals surface area (Å²) in [4.78, 5) is 7.89. The Kier molecular flexibility index (Phi) is 9.08. The first-order valence-electron chi connectivity index (χ1n) is 10.7. The van der Waals surface area contributed by atoms with Gasteiger partial charge in [-0.2, -0.15) is 11.8 Å². The van der Waals surface area contributed by atoms with Crippen LogP contribution >= 0.6 is 23.7 Å². The maximum absolute atomic E-state index is 6.05. The summed E-state index contributed by atoms with van der Waals surface area (Å²) in [6, 6.07) is 1.34. The maximum atomic E-state index is 6.05. The number of ether oxygens (including phenoxy) is 1. The molecule has 0 radical (unpaired) electrons. The van der Waals surface area contributed by atoms with Gasteiger partial charge in [-0.05, 0) is 40.0 Å². The van der Waals surface area contributed by atoms with Gasteiger partial charge in [0.2, 0.25) is 0 Å². The minimum Gasteiger partial charge on any atom is -0.375 e. The van der Waals surface area contributed by atoms with Crippen LogP contribution in [0.5, 0.6) is 0 Å². The van der Waals surface area contributed by atoms with Crippen LogP contribution in [0.1, 0.15) is 26.7 Å². The zero-order chi connectivity index (χ0) is 19.2. The normalized spacial score (nSPS) is 32.4. The number of morpholine rings is 1. The molecule has 3 aliphatic heterocycles. The molecule has 0 aliphatic carbocycles. The van der Waals surface area contributed by atoms with Crippen LogP contribution in [-0.2, 0) is 4.74 Å². The average Bonchev–Trinajstić information content (AvgIpc) is 2.68. The molecule has 0 amide bonds. The van der Waals surface area contributed by atoms with Crippen molar-refractivity contribution >= 4 is 23.7 Å². The Morgan fingerprint density at radius 1 is 0.963 bits per heavy atom. The van der Waals surface area contributed by atoms with Crippen molar-refractivity contribution in [1.82, 2.24) is 19.0 Å². The lowest BCUT2D eigenvalue weighted by molar-refractivity contribution is -0.0162. The van der Waals surface area contributed by atoms with Crippen LogP contribution in [0.15, 0.2) is 0 Å². The van der Waals surface area contributed by atoms with Crippen molar-refractivity contribution in [2.24, 2.45) is 0 Å². The first-order valence-corrected chi connectivity index (χ1v) is 13.0. The number of thioether (sulfide) groups is 1. The Labute approximate surface area is 175 Å². The lowest BCUT2D eigenvalue weighted by atomic mass is 10.1. The predicted molar refractivity (Wildman–Crippen MR) is 120 cm³/mol. The highest BCUT2D eigenvalue weighted by molar-refractivity contribution is 8.00. The second-order valence-electron chi connectivity index (χ2n) is 8.56. The molecule has 0 saturated carbocycles. The molecular formula is C20H40N4OS2. The first kappa shape index (κ1) is 22.2. The van der Waals surface area contributed by atoms with Crippen molar-refractivity contribution in [3.63, 3.8) is 0 Å². The highest BCUT2D eigenvalue weighted by Gasteiger charge is 2.30. The summed E-state index contributed by atoms with van der Waals surface area (Å²) in [6.45, 7) is 15.3. The number of piperazine rings is 1. The SMILES string of the molecule is CSN1CCOC(CC(C)N2CCSC(CC(C)N3CCN(C)CC3)C2)C1. The lowest BCUT2D eigenvalue weighted by Crippen LogP contribution is -2.51. The van der Waals surface area contributed by atoms with E-state index < -0.39 is 0 Å². The standard InChI is InChI=1S/C20H40N4OS2/c1-17(13-19-15-24(26-4)9-11-25-19)23-10-12-27-20(16-23)14-18(2)22-7-5-21(3)6-8-22/h17-20H,5-16H2,1-4H3. The third-order valence-electron chi connectivity index (χ3n) is 6.52. The van der Waals surface area contributed by atoms with Gasteiger partial charge in [0.25, 0.3) is 0 Å². The summed E-state index contributed by atoms with van der Waals surface area (Å²) in [7, 11) is 2.24. The zero-order valence-corrected chi connectivity index (χ0v) is 19.4. The van der Waals surface area contributed by atoms with Gasteiger partial charge in [0.1, 0.15) is 0 Å². The molecule has 3 heterocycles. The Bertz CT molecular complexity index is 436. The molecule has 5 nitrogen and oxygen atoms in total. The minimum atomic E-state index is 0.401. The molecular weight excluding hydrogens is 376 g/mol. The Morgan fingerprint density at radius 3 is 2.44 bits per heavy atom. The van der Waals surface area contributed by atoms with E-state index in [0.29, 0.717) is 18.2 Å². The largest absolute Gasteiger partial charge is 0.375 e. The van der Waals surface area contributed by atoms with Crippen molar-refractivity contribution in [2.45, 2.75) is 50.1 Å². The quantitative estimate of drug-likeness (QED) is 0.586. The van der Waals surface area contributed by atoms with Gasteiger partial charge in [-0.15, -0.1) is 0 Å². The van der Waals surface area contributed by atoms with Crippen LogP contribution in [-0.4, -0.2) is 120 Å². The van der Waals surface area contributed by atoms with E-state index in [0.717, 1.165) is 24.9 Å². The summed E-state index contributed by atoms with van der Waals surface area (Å²) in [6.07, 6.45) is 5.08. The summed E-state index contributed by atoms with van der Waals surface area (Å²) < 4.78 is 8.51. The van der Waals surface area contributed by atoms with E-state index in [4.69, 9.17) is 4.74 Å². The molecule has 0 aromatic carbocycles. The summed E-state index contributed by atoms with van der Waals surface area (Å²) in [5.41, 5.74) is 0. The number of rotatable bonds is 7. The van der Waals surface area contributed by atoms with E-state index >= 15 is 0 Å². The van der Waals surface area contributed by atoms with E-state index in [-0.39, 0.29) is 0 Å². The molecule has 0 N–H and O–H groups in total. The van der Waals surface area contributed by atoms with Gasteiger partial charge < -0.3 is 9.64 Å². The van der Waals surface area contributed by atoms with Crippen LogP contribution in [0.4, 0.5) is 0 Å². The molecule has 3 rings (SSSR count). The molecule has 158 valence electrons. The van der Waals surface area contributed by atoms with Crippen LogP contribution in [0.25, 0.3) is 0 Å². The monoisotopic (exact) mass is 416 g/mol. The van der Waals surface area contributed by atoms with E-state index in [2.05, 4.69) is 57.9 Å². The first-order chi connectivity index (χ1) is 13.0. The van der Waals surface area contributed by atoms with Crippen molar-refractivity contribution in [3.05, 3.63) is 0 Å². The number of nitrogens with zero attached hydrogens (tertiary/aromatic N) is 4. The highest BCUT2D eigenvalue weighted by Crippen LogP contribution is 2.27. The van der Waals surface area contributed by atoms with Gasteiger partial charge >= 0.3 is 0 Å². The average molecular weight is 417 g/mol. The topological polar surface area (TPSA) is 22.2 Å². The van der Waals surface area contributed by atoms with Crippen LogP contribution in [0.3, 0.4) is 0 Å². The van der Waals surface area contributed by atoms with Gasteiger partial charge in [-0.1, -0.05) is 11.9 Å². The van der Waals surface area contributed by atoms with E-state index in [1.807, 2.05) is 11.9 Å². The van der Waals surface area contributed by atoms with Crippen molar-refractivity contribution in [1.29, 1.82) is 0 Å². The number of hydrogen-bond donors (Lipinski definition) is 0. The van der Waals surface area contributed by atoms with Crippen LogP contribution in [0, 0.1) is 0 Å². The summed E-state index contributed by atoms with van der Waals surface area (Å²) >= 11 is 4.07. The molecule has 0 bridgehead atoms. The van der Waals surface area contributed by atoms with E-state index in [1.165, 1.54) is 57.9 Å². The molecule has 27 heavy (non-hydrogen) atoms. The van der Waals surface area contributed by atoms with Crippen LogP contribution in [0.2, 0.25) is 0 Å². The third-order valence-corrected chi connectivity index (χ3v) is 8.60. The molecule has 7 heteroatoms. The van der Waals surface area contributed by atoms with Crippen molar-refractivity contribution in [3.8, 4) is 0 Å². The van der Waals surface area contributed by atoms with Gasteiger partial charge in [0.05, 0.1) is 12.7 Å². The fourth-order valence-corrected chi connectivity index (χ4v) is 6.56. The van der Waals surface area contributed by atoms with E-state index in [9.17, 15) is 0 Å². The van der Waals surface area contributed by atoms with Crippen molar-refractivity contribution in [2.75, 3.05) is 78.0 Å². The van der Waals surface area contributed by atoms with Gasteiger partial charge in [0.15, 0.2) is 0 Å². The molecule has 0 spiro atoms. The summed E-state index contributed by atoms with van der Waals surface area (Å²) in [5.74, 6) is 1.28. The van der Waals surface area contributed by atoms with Crippen molar-refractivity contribution < 1.29 is 4.74 Å². The summed E-state index contributed by atoms with van der Waals surface area (Å²) in [5, 5.41) is 0.783. The number of likely N-dealkylation sites (N-methyl/N-ethyl adjacent to an activating group) is 1. The molecule has 4 atom stereocenters. The Hall–Kier alpha value is 0.500. The third kappa shape index (κ3) is 6.76. The predicted octanol–water partition coefficient (Wildman–Crippen LogP) is 2.19. The lowest BCUT2D eigenvalue weighted by Gasteiger charge is -2.42. The Morgan fingerprint density at radius 2 is 1.70 bits per heavy atom.